The molecule has 0 N–H and O–H groups in total. The standard InChI is InChI=1S/C23H27NO4/c1-5-13-28-24-15-18-11-12-22(17(3)14-18)27-16-19-9-7-8-10-21(19)20(6-2)23(25)26-4/h6-12,14-15H,5,13,16H2,1-4H3. The number of carbonyl (C=O) groups is 1. The lowest BCUT2D eigenvalue weighted by atomic mass is 10.00. The fourth-order valence-electron chi connectivity index (χ4n) is 2.71. The maximum Gasteiger partial charge on any atom is 0.338 e. The quantitative estimate of drug-likeness (QED) is 0.204. The normalized spacial score (nSPS) is 11.5. The van der Waals surface area contributed by atoms with Gasteiger partial charge in [-0.3, -0.25) is 0 Å². The van der Waals surface area contributed by atoms with Crippen LogP contribution < -0.4 is 4.74 Å². The minimum absolute atomic E-state index is 0.346. The van der Waals surface area contributed by atoms with E-state index in [0.29, 0.717) is 18.8 Å². The monoisotopic (exact) mass is 381 g/mol. The molecule has 0 fully saturated rings. The molecule has 0 radical (unpaired) electrons. The third-order valence-electron chi connectivity index (χ3n) is 4.16. The molecule has 0 amide bonds. The Kier molecular flexibility index (Phi) is 8.28. The predicted octanol–water partition coefficient (Wildman–Crippen LogP) is 4.91. The highest BCUT2D eigenvalue weighted by Gasteiger charge is 2.15. The first kappa shape index (κ1) is 21.2. The van der Waals surface area contributed by atoms with Crippen LogP contribution in [0.5, 0.6) is 5.75 Å². The molecule has 0 spiro atoms. The number of hydrogen-bond acceptors (Lipinski definition) is 5. The fourth-order valence-corrected chi connectivity index (χ4v) is 2.71. The third kappa shape index (κ3) is 5.71. The van der Waals surface area contributed by atoms with E-state index in [2.05, 4.69) is 5.16 Å². The summed E-state index contributed by atoms with van der Waals surface area (Å²) in [5.41, 5.74) is 4.20. The van der Waals surface area contributed by atoms with E-state index in [0.717, 1.165) is 34.4 Å². The number of aryl methyl sites for hydroxylation is 1. The number of allylic oxidation sites excluding steroid dienone is 1. The molecule has 0 saturated heterocycles. The van der Waals surface area contributed by atoms with Gasteiger partial charge in [0.1, 0.15) is 19.0 Å². The van der Waals surface area contributed by atoms with Gasteiger partial charge >= 0.3 is 5.97 Å². The molecule has 5 nitrogen and oxygen atoms in total. The van der Waals surface area contributed by atoms with Crippen molar-refractivity contribution in [2.75, 3.05) is 13.7 Å². The highest BCUT2D eigenvalue weighted by Crippen LogP contribution is 2.24. The lowest BCUT2D eigenvalue weighted by Crippen LogP contribution is -2.08. The lowest BCUT2D eigenvalue weighted by molar-refractivity contribution is -0.133. The molecule has 0 atom stereocenters. The molecule has 2 rings (SSSR count). The van der Waals surface area contributed by atoms with E-state index in [9.17, 15) is 4.79 Å². The number of hydrogen-bond donors (Lipinski definition) is 0. The Morgan fingerprint density at radius 1 is 1.18 bits per heavy atom. The third-order valence-corrected chi connectivity index (χ3v) is 4.16. The van der Waals surface area contributed by atoms with Crippen molar-refractivity contribution in [2.45, 2.75) is 33.8 Å². The molecular formula is C23H27NO4. The predicted molar refractivity (Wildman–Crippen MR) is 111 cm³/mol. The largest absolute Gasteiger partial charge is 0.489 e. The van der Waals surface area contributed by atoms with Crippen LogP contribution in [0.25, 0.3) is 5.57 Å². The lowest BCUT2D eigenvalue weighted by Gasteiger charge is -2.14. The summed E-state index contributed by atoms with van der Waals surface area (Å²) in [5.74, 6) is 0.418. The smallest absolute Gasteiger partial charge is 0.338 e. The highest BCUT2D eigenvalue weighted by atomic mass is 16.6. The van der Waals surface area contributed by atoms with Crippen molar-refractivity contribution >= 4 is 17.8 Å². The zero-order valence-electron chi connectivity index (χ0n) is 16.9. The molecular weight excluding hydrogens is 354 g/mol. The van der Waals surface area contributed by atoms with E-state index in [1.165, 1.54) is 7.11 Å². The van der Waals surface area contributed by atoms with E-state index >= 15 is 0 Å². The maximum absolute atomic E-state index is 12.0. The van der Waals surface area contributed by atoms with Gasteiger partial charge < -0.3 is 14.3 Å². The van der Waals surface area contributed by atoms with Crippen LogP contribution in [0.1, 0.15) is 42.5 Å². The van der Waals surface area contributed by atoms with Crippen molar-refractivity contribution < 1.29 is 19.1 Å². The summed E-state index contributed by atoms with van der Waals surface area (Å²) >= 11 is 0. The zero-order valence-corrected chi connectivity index (χ0v) is 16.9. The van der Waals surface area contributed by atoms with Crippen molar-refractivity contribution in [3.8, 4) is 5.75 Å². The van der Waals surface area contributed by atoms with Gasteiger partial charge in [-0.05, 0) is 60.7 Å². The van der Waals surface area contributed by atoms with Gasteiger partial charge in [0, 0.05) is 0 Å². The number of ether oxygens (including phenoxy) is 2. The number of benzene rings is 2. The maximum atomic E-state index is 12.0. The van der Waals surface area contributed by atoms with Gasteiger partial charge in [0.15, 0.2) is 0 Å². The van der Waals surface area contributed by atoms with Gasteiger partial charge in [-0.1, -0.05) is 42.4 Å². The molecule has 0 saturated carbocycles. The van der Waals surface area contributed by atoms with Crippen molar-refractivity contribution in [3.63, 3.8) is 0 Å². The first-order valence-electron chi connectivity index (χ1n) is 9.32. The Balaban J connectivity index is 2.13. The Bertz CT molecular complexity index is 855. The van der Waals surface area contributed by atoms with Crippen molar-refractivity contribution in [1.29, 1.82) is 0 Å². The van der Waals surface area contributed by atoms with Gasteiger partial charge in [0.25, 0.3) is 0 Å². The fraction of sp³-hybridized carbons (Fsp3) is 0.304. The summed E-state index contributed by atoms with van der Waals surface area (Å²) in [4.78, 5) is 17.2. The second-order valence-corrected chi connectivity index (χ2v) is 6.23. The van der Waals surface area contributed by atoms with Crippen LogP contribution in [-0.4, -0.2) is 25.9 Å². The van der Waals surface area contributed by atoms with Crippen LogP contribution in [0.15, 0.2) is 53.7 Å². The van der Waals surface area contributed by atoms with Crippen LogP contribution in [0.4, 0.5) is 0 Å². The Morgan fingerprint density at radius 3 is 2.64 bits per heavy atom. The van der Waals surface area contributed by atoms with Gasteiger partial charge in [-0.25, -0.2) is 4.79 Å². The minimum atomic E-state index is -0.361. The molecule has 2 aromatic rings. The van der Waals surface area contributed by atoms with Crippen LogP contribution >= 0.6 is 0 Å². The van der Waals surface area contributed by atoms with Crippen LogP contribution in [0, 0.1) is 6.92 Å². The van der Waals surface area contributed by atoms with E-state index in [4.69, 9.17) is 14.3 Å². The van der Waals surface area contributed by atoms with Crippen LogP contribution in [0.3, 0.4) is 0 Å². The summed E-state index contributed by atoms with van der Waals surface area (Å²) in [6, 6.07) is 13.5. The molecule has 28 heavy (non-hydrogen) atoms. The molecule has 2 aromatic carbocycles. The molecule has 0 aliphatic carbocycles. The van der Waals surface area contributed by atoms with Crippen molar-refractivity contribution in [3.05, 3.63) is 70.8 Å². The summed E-state index contributed by atoms with van der Waals surface area (Å²) < 4.78 is 10.9. The summed E-state index contributed by atoms with van der Waals surface area (Å²) in [7, 11) is 1.38. The van der Waals surface area contributed by atoms with Crippen LogP contribution in [0.2, 0.25) is 0 Å². The molecule has 0 unspecified atom stereocenters. The number of nitrogens with zero attached hydrogens (tertiary/aromatic N) is 1. The first-order valence-corrected chi connectivity index (χ1v) is 9.32. The van der Waals surface area contributed by atoms with Gasteiger partial charge in [0.2, 0.25) is 0 Å². The Labute approximate surface area is 166 Å². The molecule has 5 heteroatoms. The highest BCUT2D eigenvalue weighted by molar-refractivity contribution is 6.16. The first-order chi connectivity index (χ1) is 13.6. The molecule has 0 aromatic heterocycles. The molecule has 0 bridgehead atoms. The Morgan fingerprint density at radius 2 is 1.96 bits per heavy atom. The topological polar surface area (TPSA) is 57.1 Å². The van der Waals surface area contributed by atoms with Crippen molar-refractivity contribution in [2.24, 2.45) is 5.16 Å². The van der Waals surface area contributed by atoms with Gasteiger partial charge in [-0.2, -0.15) is 0 Å². The van der Waals surface area contributed by atoms with E-state index in [-0.39, 0.29) is 5.97 Å². The Hall–Kier alpha value is -3.08. The second-order valence-electron chi connectivity index (χ2n) is 6.23. The van der Waals surface area contributed by atoms with E-state index in [1.54, 1.807) is 12.3 Å². The number of methoxy groups -OCH3 is 1. The van der Waals surface area contributed by atoms with Gasteiger partial charge in [-0.15, -0.1) is 0 Å². The molecule has 0 aliphatic heterocycles. The second kappa shape index (κ2) is 10.9. The molecule has 0 heterocycles. The van der Waals surface area contributed by atoms with E-state index in [1.807, 2.05) is 63.2 Å². The van der Waals surface area contributed by atoms with Crippen molar-refractivity contribution in [1.82, 2.24) is 0 Å². The SMILES string of the molecule is CC=C(C(=O)OC)c1ccccc1COc1ccc(C=NOCCC)cc1C. The van der Waals surface area contributed by atoms with Crippen LogP contribution in [-0.2, 0) is 21.0 Å². The molecule has 148 valence electrons. The minimum Gasteiger partial charge on any atom is -0.489 e. The summed E-state index contributed by atoms with van der Waals surface area (Å²) in [6.45, 7) is 6.79. The average Bonchev–Trinajstić information content (AvgIpc) is 2.71. The summed E-state index contributed by atoms with van der Waals surface area (Å²) in [5, 5.41) is 3.94. The summed E-state index contributed by atoms with van der Waals surface area (Å²) in [6.07, 6.45) is 4.37. The number of esters is 1. The number of carbonyl (C=O) groups excluding carboxylic acids is 1. The average molecular weight is 381 g/mol. The van der Waals surface area contributed by atoms with Gasteiger partial charge in [0.05, 0.1) is 18.9 Å². The number of rotatable bonds is 9. The molecule has 0 aliphatic rings. The number of oxime groups is 1. The van der Waals surface area contributed by atoms with E-state index < -0.39 is 0 Å². The zero-order chi connectivity index (χ0) is 20.4.